The minimum Gasteiger partial charge on any atom is -0.411 e. The molecule has 3 rings (SSSR count). The van der Waals surface area contributed by atoms with Crippen LogP contribution in [0.2, 0.25) is 0 Å². The minimum absolute atomic E-state index is 0.658. The molecular formula is C21H30N2O. The maximum absolute atomic E-state index is 9.24. The smallest absolute Gasteiger partial charge is 0.0827 e. The van der Waals surface area contributed by atoms with Crippen molar-refractivity contribution in [3.63, 3.8) is 0 Å². The first kappa shape index (κ1) is 17.2. The first-order valence-corrected chi connectivity index (χ1v) is 9.52. The topological polar surface area (TPSA) is 35.8 Å². The van der Waals surface area contributed by atoms with Crippen LogP contribution in [0.15, 0.2) is 46.6 Å². The fraction of sp³-hybridized carbons (Fsp3) is 0.571. The number of nitrogens with zero attached hydrogens (tertiary/aromatic N) is 2. The molecule has 0 aromatic heterocycles. The Morgan fingerprint density at radius 2 is 1.96 bits per heavy atom. The highest BCUT2D eigenvalue weighted by Gasteiger charge is 2.29. The van der Waals surface area contributed by atoms with Crippen LogP contribution in [0.4, 0.5) is 0 Å². The summed E-state index contributed by atoms with van der Waals surface area (Å²) in [6.07, 6.45) is 9.09. The summed E-state index contributed by atoms with van der Waals surface area (Å²) in [5.74, 6) is 0. The second kappa shape index (κ2) is 8.48. The highest BCUT2D eigenvalue weighted by atomic mass is 16.4. The molecule has 130 valence electrons. The molecule has 0 heterocycles. The molecule has 0 saturated heterocycles. The van der Waals surface area contributed by atoms with E-state index in [0.29, 0.717) is 6.04 Å². The summed E-state index contributed by atoms with van der Waals surface area (Å²) in [6, 6.07) is 11.5. The highest BCUT2D eigenvalue weighted by Crippen LogP contribution is 2.36. The van der Waals surface area contributed by atoms with E-state index in [2.05, 4.69) is 47.3 Å². The van der Waals surface area contributed by atoms with Gasteiger partial charge in [0.25, 0.3) is 0 Å². The Balaban J connectivity index is 1.65. The molecule has 24 heavy (non-hydrogen) atoms. The Hall–Kier alpha value is -1.61. The van der Waals surface area contributed by atoms with Crippen molar-refractivity contribution in [3.05, 3.63) is 47.0 Å². The Bertz CT molecular complexity index is 591. The standard InChI is InChI=1S/C21H30N2O/c1-2-14-23(15-13-17-7-4-3-5-8-17)19-11-12-20-18(16-19)9-6-10-21(20)22-24/h3-5,7-8,19,24H,2,6,9-16H2,1H3. The molecule has 0 amide bonds. The average Bonchev–Trinajstić information content (AvgIpc) is 2.65. The number of benzene rings is 1. The molecule has 1 N–H and O–H groups in total. The van der Waals surface area contributed by atoms with Crippen molar-refractivity contribution in [1.29, 1.82) is 0 Å². The van der Waals surface area contributed by atoms with E-state index in [9.17, 15) is 5.21 Å². The van der Waals surface area contributed by atoms with Gasteiger partial charge in [0.05, 0.1) is 5.71 Å². The van der Waals surface area contributed by atoms with Crippen molar-refractivity contribution in [1.82, 2.24) is 4.90 Å². The van der Waals surface area contributed by atoms with Gasteiger partial charge in [-0.05, 0) is 69.0 Å². The lowest BCUT2D eigenvalue weighted by Gasteiger charge is -2.37. The van der Waals surface area contributed by atoms with E-state index in [1.165, 1.54) is 43.4 Å². The summed E-state index contributed by atoms with van der Waals surface area (Å²) >= 11 is 0. The largest absolute Gasteiger partial charge is 0.411 e. The molecular weight excluding hydrogens is 296 g/mol. The zero-order valence-electron chi connectivity index (χ0n) is 14.9. The molecule has 2 aliphatic rings. The molecule has 0 spiro atoms. The fourth-order valence-corrected chi connectivity index (χ4v) is 4.32. The van der Waals surface area contributed by atoms with Crippen molar-refractivity contribution in [3.8, 4) is 0 Å². The van der Waals surface area contributed by atoms with Gasteiger partial charge in [0, 0.05) is 12.6 Å². The van der Waals surface area contributed by atoms with Gasteiger partial charge in [-0.3, -0.25) is 4.90 Å². The van der Waals surface area contributed by atoms with Crippen LogP contribution in [0.1, 0.15) is 57.4 Å². The molecule has 1 unspecified atom stereocenters. The summed E-state index contributed by atoms with van der Waals surface area (Å²) in [4.78, 5) is 2.70. The molecule has 0 saturated carbocycles. The van der Waals surface area contributed by atoms with E-state index in [0.717, 1.165) is 37.9 Å². The van der Waals surface area contributed by atoms with E-state index < -0.39 is 0 Å². The number of rotatable bonds is 6. The molecule has 0 radical (unpaired) electrons. The predicted molar refractivity (Wildman–Crippen MR) is 99.7 cm³/mol. The second-order valence-corrected chi connectivity index (χ2v) is 7.15. The summed E-state index contributed by atoms with van der Waals surface area (Å²) in [7, 11) is 0. The van der Waals surface area contributed by atoms with E-state index >= 15 is 0 Å². The Kier molecular flexibility index (Phi) is 6.08. The van der Waals surface area contributed by atoms with Crippen molar-refractivity contribution in [2.45, 2.75) is 64.3 Å². The Morgan fingerprint density at radius 3 is 2.71 bits per heavy atom. The normalized spacial score (nSPS) is 22.9. The van der Waals surface area contributed by atoms with Crippen LogP contribution in [0.3, 0.4) is 0 Å². The minimum atomic E-state index is 0.658. The third kappa shape index (κ3) is 4.07. The summed E-state index contributed by atoms with van der Waals surface area (Å²) in [5, 5.41) is 12.8. The number of oxime groups is 1. The molecule has 3 heteroatoms. The van der Waals surface area contributed by atoms with Crippen molar-refractivity contribution >= 4 is 5.71 Å². The Morgan fingerprint density at radius 1 is 1.12 bits per heavy atom. The van der Waals surface area contributed by atoms with E-state index in [-0.39, 0.29) is 0 Å². The van der Waals surface area contributed by atoms with Crippen molar-refractivity contribution in [2.24, 2.45) is 5.16 Å². The van der Waals surface area contributed by atoms with E-state index in [4.69, 9.17) is 0 Å². The van der Waals surface area contributed by atoms with Crippen molar-refractivity contribution < 1.29 is 5.21 Å². The molecule has 1 atom stereocenters. The van der Waals surface area contributed by atoms with Gasteiger partial charge in [0.2, 0.25) is 0 Å². The first-order chi connectivity index (χ1) is 11.8. The molecule has 1 aromatic rings. The first-order valence-electron chi connectivity index (χ1n) is 9.52. The third-order valence-corrected chi connectivity index (χ3v) is 5.56. The van der Waals surface area contributed by atoms with Crippen molar-refractivity contribution in [2.75, 3.05) is 13.1 Å². The lowest BCUT2D eigenvalue weighted by atomic mass is 9.78. The highest BCUT2D eigenvalue weighted by molar-refractivity contribution is 6.01. The van der Waals surface area contributed by atoms with Crippen LogP contribution in [0.5, 0.6) is 0 Å². The van der Waals surface area contributed by atoms with Crippen LogP contribution < -0.4 is 0 Å². The number of allylic oxidation sites excluding steroid dienone is 1. The van der Waals surface area contributed by atoms with Gasteiger partial charge in [0.1, 0.15) is 0 Å². The van der Waals surface area contributed by atoms with Gasteiger partial charge >= 0.3 is 0 Å². The predicted octanol–water partition coefficient (Wildman–Crippen LogP) is 4.80. The lowest BCUT2D eigenvalue weighted by Crippen LogP contribution is -2.40. The molecule has 3 nitrogen and oxygen atoms in total. The van der Waals surface area contributed by atoms with Gasteiger partial charge < -0.3 is 5.21 Å². The SMILES string of the molecule is CCCN(CCc1ccccc1)C1CCC2=C(CCCC2=NO)C1. The molecule has 1 aromatic carbocycles. The molecule has 0 bridgehead atoms. The zero-order chi connectivity index (χ0) is 16.8. The van der Waals surface area contributed by atoms with Gasteiger partial charge in [0.15, 0.2) is 0 Å². The lowest BCUT2D eigenvalue weighted by molar-refractivity contribution is 0.180. The maximum Gasteiger partial charge on any atom is 0.0827 e. The van der Waals surface area contributed by atoms with Crippen LogP contribution in [-0.4, -0.2) is 35.0 Å². The van der Waals surface area contributed by atoms with Gasteiger partial charge in [-0.25, -0.2) is 0 Å². The molecule has 0 fully saturated rings. The molecule has 2 aliphatic carbocycles. The van der Waals surface area contributed by atoms with E-state index in [1.807, 2.05) is 0 Å². The average molecular weight is 326 g/mol. The Labute approximate surface area is 146 Å². The van der Waals surface area contributed by atoms with Crippen LogP contribution in [0.25, 0.3) is 0 Å². The summed E-state index contributed by atoms with van der Waals surface area (Å²) in [6.45, 7) is 4.60. The summed E-state index contributed by atoms with van der Waals surface area (Å²) < 4.78 is 0. The number of hydrogen-bond acceptors (Lipinski definition) is 3. The number of hydrogen-bond donors (Lipinski definition) is 1. The van der Waals surface area contributed by atoms with Gasteiger partial charge in [-0.1, -0.05) is 48.0 Å². The summed E-state index contributed by atoms with van der Waals surface area (Å²) in [5.41, 5.74) is 5.33. The van der Waals surface area contributed by atoms with Gasteiger partial charge in [-0.2, -0.15) is 0 Å². The monoisotopic (exact) mass is 326 g/mol. The third-order valence-electron chi connectivity index (χ3n) is 5.56. The van der Waals surface area contributed by atoms with Crippen LogP contribution in [0, 0.1) is 0 Å². The zero-order valence-corrected chi connectivity index (χ0v) is 14.9. The van der Waals surface area contributed by atoms with Gasteiger partial charge in [-0.15, -0.1) is 0 Å². The fourth-order valence-electron chi connectivity index (χ4n) is 4.32. The maximum atomic E-state index is 9.24. The van der Waals surface area contributed by atoms with Crippen LogP contribution >= 0.6 is 0 Å². The quantitative estimate of drug-likeness (QED) is 0.602. The second-order valence-electron chi connectivity index (χ2n) is 7.15. The molecule has 0 aliphatic heterocycles. The van der Waals surface area contributed by atoms with E-state index in [1.54, 1.807) is 5.57 Å². The van der Waals surface area contributed by atoms with Crippen LogP contribution in [-0.2, 0) is 6.42 Å².